The molecule has 0 aliphatic rings. The van der Waals surface area contributed by atoms with Crippen LogP contribution >= 0.6 is 0 Å². The van der Waals surface area contributed by atoms with Crippen molar-refractivity contribution in [1.29, 1.82) is 0 Å². The number of ether oxygens (including phenoxy) is 2. The van der Waals surface area contributed by atoms with Crippen LogP contribution in [0.25, 0.3) is 0 Å². The molecule has 4 nitrogen and oxygen atoms in total. The van der Waals surface area contributed by atoms with Crippen molar-refractivity contribution in [3.8, 4) is 11.5 Å². The van der Waals surface area contributed by atoms with Gasteiger partial charge in [0.15, 0.2) is 0 Å². The van der Waals surface area contributed by atoms with Crippen LogP contribution in [0.5, 0.6) is 11.5 Å². The van der Waals surface area contributed by atoms with E-state index >= 15 is 0 Å². The van der Waals surface area contributed by atoms with Gasteiger partial charge in [0.1, 0.15) is 11.5 Å². The van der Waals surface area contributed by atoms with Gasteiger partial charge in [0, 0.05) is 12.1 Å². The summed E-state index contributed by atoms with van der Waals surface area (Å²) in [5.74, 6) is 0.608. The highest BCUT2D eigenvalue weighted by atomic mass is 19.3. The van der Waals surface area contributed by atoms with Crippen LogP contribution in [0, 0.1) is 0 Å². The molecule has 2 aromatic rings. The number of nitrogens with one attached hydrogen (secondary N) is 1. The molecule has 0 aliphatic carbocycles. The lowest BCUT2D eigenvalue weighted by Gasteiger charge is -2.09. The van der Waals surface area contributed by atoms with Crippen LogP contribution in [0.15, 0.2) is 48.5 Å². The Balaban J connectivity index is 1.83. The molecule has 0 spiro atoms. The summed E-state index contributed by atoms with van der Waals surface area (Å²) in [5.41, 5.74) is 1.31. The van der Waals surface area contributed by atoms with Crippen LogP contribution in [-0.2, 0) is 6.54 Å². The van der Waals surface area contributed by atoms with E-state index < -0.39 is 6.61 Å². The van der Waals surface area contributed by atoms with Crippen molar-refractivity contribution in [2.75, 3.05) is 6.61 Å². The second kappa shape index (κ2) is 9.61. The fourth-order valence-corrected chi connectivity index (χ4v) is 2.11. The molecule has 0 fully saturated rings. The first-order chi connectivity index (χ1) is 12.1. The zero-order chi connectivity index (χ0) is 18.1. The van der Waals surface area contributed by atoms with Gasteiger partial charge in [-0.05, 0) is 48.4 Å². The predicted octanol–water partition coefficient (Wildman–Crippen LogP) is 4.40. The minimum atomic E-state index is -2.85. The summed E-state index contributed by atoms with van der Waals surface area (Å²) in [7, 11) is 0. The number of carbonyl (C=O) groups is 1. The van der Waals surface area contributed by atoms with Gasteiger partial charge in [0.2, 0.25) is 0 Å². The van der Waals surface area contributed by atoms with Gasteiger partial charge in [-0.1, -0.05) is 25.5 Å². The topological polar surface area (TPSA) is 47.6 Å². The SMILES string of the molecule is CCCCOc1ccc(C(=O)NCc2ccc(OC(F)F)cc2)cc1. The normalized spacial score (nSPS) is 10.6. The van der Waals surface area contributed by atoms with E-state index in [1.54, 1.807) is 36.4 Å². The molecule has 0 unspecified atom stereocenters. The lowest BCUT2D eigenvalue weighted by Crippen LogP contribution is -2.22. The van der Waals surface area contributed by atoms with Gasteiger partial charge in [-0.3, -0.25) is 4.79 Å². The Morgan fingerprint density at radius 3 is 2.28 bits per heavy atom. The molecule has 0 atom stereocenters. The van der Waals surface area contributed by atoms with Crippen molar-refractivity contribution in [1.82, 2.24) is 5.32 Å². The molecule has 134 valence electrons. The van der Waals surface area contributed by atoms with E-state index in [9.17, 15) is 13.6 Å². The van der Waals surface area contributed by atoms with Crippen LogP contribution in [0.3, 0.4) is 0 Å². The fraction of sp³-hybridized carbons (Fsp3) is 0.316. The molecular weight excluding hydrogens is 328 g/mol. The van der Waals surface area contributed by atoms with Crippen molar-refractivity contribution in [2.24, 2.45) is 0 Å². The lowest BCUT2D eigenvalue weighted by molar-refractivity contribution is -0.0498. The minimum absolute atomic E-state index is 0.0868. The summed E-state index contributed by atoms with van der Waals surface area (Å²) >= 11 is 0. The summed E-state index contributed by atoms with van der Waals surface area (Å²) < 4.78 is 34.0. The van der Waals surface area contributed by atoms with Crippen molar-refractivity contribution in [3.05, 3.63) is 59.7 Å². The molecule has 0 aromatic heterocycles. The smallest absolute Gasteiger partial charge is 0.387 e. The number of hydrogen-bond donors (Lipinski definition) is 1. The van der Waals surface area contributed by atoms with E-state index in [0.717, 1.165) is 24.2 Å². The largest absolute Gasteiger partial charge is 0.494 e. The number of amides is 1. The van der Waals surface area contributed by atoms with E-state index in [0.29, 0.717) is 18.7 Å². The number of hydrogen-bond acceptors (Lipinski definition) is 3. The van der Waals surface area contributed by atoms with Crippen molar-refractivity contribution >= 4 is 5.91 Å². The second-order valence-corrected chi connectivity index (χ2v) is 5.43. The van der Waals surface area contributed by atoms with Crippen molar-refractivity contribution < 1.29 is 23.0 Å². The highest BCUT2D eigenvalue weighted by molar-refractivity contribution is 5.94. The zero-order valence-corrected chi connectivity index (χ0v) is 14.0. The van der Waals surface area contributed by atoms with Crippen LogP contribution < -0.4 is 14.8 Å². The molecule has 0 aliphatic heterocycles. The average molecular weight is 349 g/mol. The highest BCUT2D eigenvalue weighted by Crippen LogP contribution is 2.15. The van der Waals surface area contributed by atoms with Crippen molar-refractivity contribution in [3.63, 3.8) is 0 Å². The van der Waals surface area contributed by atoms with E-state index in [4.69, 9.17) is 4.74 Å². The molecular formula is C19H21F2NO3. The van der Waals surface area contributed by atoms with Gasteiger partial charge in [-0.25, -0.2) is 0 Å². The molecule has 0 radical (unpaired) electrons. The summed E-state index contributed by atoms with van der Waals surface area (Å²) in [6, 6.07) is 13.1. The quantitative estimate of drug-likeness (QED) is 0.683. The van der Waals surface area contributed by atoms with E-state index in [1.165, 1.54) is 12.1 Å². The number of rotatable bonds is 9. The third kappa shape index (κ3) is 6.41. The molecule has 2 aromatic carbocycles. The van der Waals surface area contributed by atoms with Gasteiger partial charge >= 0.3 is 6.61 Å². The van der Waals surface area contributed by atoms with Crippen molar-refractivity contribution in [2.45, 2.75) is 32.9 Å². The van der Waals surface area contributed by atoms with Gasteiger partial charge in [0.05, 0.1) is 6.61 Å². The van der Waals surface area contributed by atoms with Gasteiger partial charge < -0.3 is 14.8 Å². The number of carbonyl (C=O) groups excluding carboxylic acids is 1. The summed E-state index contributed by atoms with van der Waals surface area (Å²) in [6.07, 6.45) is 2.05. The van der Waals surface area contributed by atoms with Crippen LogP contribution in [0.2, 0.25) is 0 Å². The Kier molecular flexibility index (Phi) is 7.19. The molecule has 25 heavy (non-hydrogen) atoms. The third-order valence-corrected chi connectivity index (χ3v) is 3.48. The van der Waals surface area contributed by atoms with E-state index in [-0.39, 0.29) is 11.7 Å². The Labute approximate surface area is 145 Å². The second-order valence-electron chi connectivity index (χ2n) is 5.43. The first kappa shape index (κ1) is 18.7. The Morgan fingerprint density at radius 1 is 1.04 bits per heavy atom. The molecule has 1 amide bonds. The number of benzene rings is 2. The summed E-state index contributed by atoms with van der Waals surface area (Å²) in [5, 5.41) is 2.78. The van der Waals surface area contributed by atoms with Crippen LogP contribution in [-0.4, -0.2) is 19.1 Å². The Hall–Kier alpha value is -2.63. The van der Waals surface area contributed by atoms with Gasteiger partial charge in [-0.2, -0.15) is 8.78 Å². The van der Waals surface area contributed by atoms with Gasteiger partial charge in [0.25, 0.3) is 5.91 Å². The minimum Gasteiger partial charge on any atom is -0.494 e. The summed E-state index contributed by atoms with van der Waals surface area (Å²) in [4.78, 5) is 12.1. The van der Waals surface area contributed by atoms with E-state index in [1.807, 2.05) is 0 Å². The number of halogens is 2. The molecule has 0 bridgehead atoms. The van der Waals surface area contributed by atoms with Crippen LogP contribution in [0.1, 0.15) is 35.7 Å². The maximum Gasteiger partial charge on any atom is 0.387 e. The predicted molar refractivity (Wildman–Crippen MR) is 91.1 cm³/mol. The number of alkyl halides is 2. The zero-order valence-electron chi connectivity index (χ0n) is 14.0. The summed E-state index contributed by atoms with van der Waals surface area (Å²) in [6.45, 7) is 0.200. The van der Waals surface area contributed by atoms with Crippen LogP contribution in [0.4, 0.5) is 8.78 Å². The first-order valence-corrected chi connectivity index (χ1v) is 8.13. The fourth-order valence-electron chi connectivity index (χ4n) is 2.11. The lowest BCUT2D eigenvalue weighted by atomic mass is 10.2. The maximum absolute atomic E-state index is 12.1. The third-order valence-electron chi connectivity index (χ3n) is 3.48. The Bertz CT molecular complexity index is 657. The maximum atomic E-state index is 12.1. The average Bonchev–Trinajstić information content (AvgIpc) is 2.61. The molecule has 2 rings (SSSR count). The highest BCUT2D eigenvalue weighted by Gasteiger charge is 2.07. The number of unbranched alkanes of at least 4 members (excludes halogenated alkanes) is 1. The van der Waals surface area contributed by atoms with Gasteiger partial charge in [-0.15, -0.1) is 0 Å². The monoisotopic (exact) mass is 349 g/mol. The van der Waals surface area contributed by atoms with E-state index in [2.05, 4.69) is 17.0 Å². The standard InChI is InChI=1S/C19H21F2NO3/c1-2-3-12-24-16-10-6-15(7-11-16)18(23)22-13-14-4-8-17(9-5-14)25-19(20)21/h4-11,19H,2-3,12-13H2,1H3,(H,22,23). The molecule has 1 N–H and O–H groups in total. The Morgan fingerprint density at radius 2 is 1.68 bits per heavy atom. The molecule has 6 heteroatoms. The molecule has 0 heterocycles. The first-order valence-electron chi connectivity index (χ1n) is 8.13. The molecule has 0 saturated carbocycles. The molecule has 0 saturated heterocycles.